The third-order valence-electron chi connectivity index (χ3n) is 8.94. The predicted molar refractivity (Wildman–Crippen MR) is 234 cm³/mol. The summed E-state index contributed by atoms with van der Waals surface area (Å²) in [5.41, 5.74) is -6.80. The maximum Gasteiger partial charge on any atom is 0.164 e. The molecule has 0 saturated heterocycles. The molecule has 5 nitrogen and oxygen atoms in total. The molecule has 0 amide bonds. The van der Waals surface area contributed by atoms with E-state index in [1.165, 1.54) is 0 Å². The summed E-state index contributed by atoms with van der Waals surface area (Å²) in [4.78, 5) is 12.8. The molecule has 0 unspecified atom stereocenters. The van der Waals surface area contributed by atoms with Crippen molar-refractivity contribution in [2.45, 2.75) is 0 Å². The number of hydrogen-bond acceptors (Lipinski definition) is 6. The molecule has 0 atom stereocenters. The van der Waals surface area contributed by atoms with Gasteiger partial charge in [-0.2, -0.15) is 0 Å². The number of benzene rings is 8. The number of aromatic nitrogens is 3. The van der Waals surface area contributed by atoms with E-state index < -0.39 is 276 Å². The lowest BCUT2D eigenvalue weighted by atomic mass is 9.92. The van der Waals surface area contributed by atoms with Crippen LogP contribution in [-0.2, 0) is 0 Å². The lowest BCUT2D eigenvalue weighted by Gasteiger charge is -2.11. The number of hydrogen-bond donors (Lipinski definition) is 0. The lowest BCUT2D eigenvalue weighted by Crippen LogP contribution is -2.00. The van der Waals surface area contributed by atoms with E-state index >= 15 is 0 Å². The average molecular weight is 777 g/mol. The summed E-state index contributed by atoms with van der Waals surface area (Å²) >= 11 is 0.578. The Hall–Kier alpha value is -7.41. The molecule has 0 saturated carbocycles. The van der Waals surface area contributed by atoms with E-state index in [4.69, 9.17) is 34.9 Å². The summed E-state index contributed by atoms with van der Waals surface area (Å²) in [6, 6.07) is -24.3. The second-order valence-electron chi connectivity index (χ2n) is 12.1. The normalized spacial score (nSPS) is 19.0. The second kappa shape index (κ2) is 12.6. The molecule has 0 bridgehead atoms. The number of thiophene rings is 1. The molecule has 8 aromatic carbocycles. The van der Waals surface area contributed by atoms with Gasteiger partial charge in [0, 0.05) is 69.5 Å². The summed E-state index contributed by atoms with van der Waals surface area (Å²) < 4.78 is 271. The van der Waals surface area contributed by atoms with Crippen molar-refractivity contribution in [1.29, 1.82) is 0 Å². The number of fused-ring (bicyclic) bond motifs is 9. The van der Waals surface area contributed by atoms with E-state index in [0.29, 0.717) is 11.3 Å². The van der Waals surface area contributed by atoms with Crippen LogP contribution in [0.3, 0.4) is 0 Å². The highest BCUT2D eigenvalue weighted by Gasteiger charge is 2.22. The smallest absolute Gasteiger partial charge is 0.164 e. The molecule has 0 aliphatic heterocycles. The van der Waals surface area contributed by atoms with Crippen molar-refractivity contribution in [2.24, 2.45) is 0 Å². The van der Waals surface area contributed by atoms with Crippen LogP contribution in [0.1, 0.15) is 39.8 Å². The topological polar surface area (TPSA) is 65.0 Å². The van der Waals surface area contributed by atoms with Crippen molar-refractivity contribution in [3.8, 4) is 56.4 Å². The Kier molecular flexibility index (Phi) is 3.22. The van der Waals surface area contributed by atoms with Crippen LogP contribution in [0.2, 0.25) is 0 Å². The molecule has 0 spiro atoms. The van der Waals surface area contributed by atoms with Crippen LogP contribution in [0, 0.1) is 0 Å². The first kappa shape index (κ1) is 14.6. The molecule has 266 valence electrons. The van der Waals surface area contributed by atoms with Crippen LogP contribution in [0.4, 0.5) is 0 Å². The molecule has 4 aromatic heterocycles. The third-order valence-corrected chi connectivity index (χ3v) is 10.1. The van der Waals surface area contributed by atoms with Gasteiger partial charge in [-0.05, 0) is 41.3 Å². The summed E-state index contributed by atoms with van der Waals surface area (Å²) in [5.74, 6) is -2.40. The van der Waals surface area contributed by atoms with Crippen LogP contribution < -0.4 is 0 Å². The van der Waals surface area contributed by atoms with Gasteiger partial charge in [-0.3, -0.25) is 0 Å². The maximum atomic E-state index is 9.92. The van der Waals surface area contributed by atoms with E-state index in [-0.39, 0.29) is 20.2 Å². The van der Waals surface area contributed by atoms with Gasteiger partial charge in [-0.1, -0.05) is 145 Å². The second-order valence-corrected chi connectivity index (χ2v) is 13.1. The van der Waals surface area contributed by atoms with Crippen LogP contribution >= 0.6 is 11.3 Å². The van der Waals surface area contributed by atoms with Crippen LogP contribution in [-0.4, -0.2) is 15.0 Å². The standard InChI is InChI=1S/C51H29N3O2S/c1-3-13-30(14-4-1)49-52-50(31-15-5-2-6-16-31)54-51(53-49)32-25-26-33-36-20-11-21-37(47(36)56-43(33)29-32)38-28-27-35(46-40-18-8-10-24-44(40)57-48(38)46)34-19-12-23-42-45(34)39-17-7-9-22-41(39)55-42/h1-29H/i1D,2D,3D,4D,5D,6D,7D,8D,9D,10D,11D,12D,13D,14D,15D,16D,17D,18D,19D,20D,21D,22D,23D,24D,25D,26D,27D,28D,29D. The summed E-state index contributed by atoms with van der Waals surface area (Å²) in [7, 11) is 0. The van der Waals surface area contributed by atoms with Gasteiger partial charge in [0.15, 0.2) is 17.5 Å². The summed E-state index contributed by atoms with van der Waals surface area (Å²) in [5, 5.41) is -2.60. The average Bonchev–Trinajstić information content (AvgIpc) is 1.49. The van der Waals surface area contributed by atoms with E-state index in [2.05, 4.69) is 15.0 Å². The van der Waals surface area contributed by atoms with Crippen molar-refractivity contribution in [2.75, 3.05) is 0 Å². The van der Waals surface area contributed by atoms with Gasteiger partial charge in [-0.15, -0.1) is 11.3 Å². The molecule has 0 aliphatic carbocycles. The Bertz CT molecular complexity index is 5100. The third kappa shape index (κ3) is 5.04. The fourth-order valence-corrected chi connectivity index (χ4v) is 7.65. The lowest BCUT2D eigenvalue weighted by molar-refractivity contribution is 0.669. The number of furan rings is 2. The number of nitrogens with zero attached hydrogens (tertiary/aromatic N) is 3. The maximum absolute atomic E-state index is 9.92. The molecule has 57 heavy (non-hydrogen) atoms. The Labute approximate surface area is 370 Å². The van der Waals surface area contributed by atoms with E-state index in [9.17, 15) is 13.7 Å². The zero-order valence-corrected chi connectivity index (χ0v) is 28.9. The Morgan fingerprint density at radius 2 is 0.982 bits per heavy atom. The van der Waals surface area contributed by atoms with Crippen molar-refractivity contribution < 1.29 is 48.6 Å². The van der Waals surface area contributed by atoms with Crippen LogP contribution in [0.25, 0.3) is 120 Å². The largest absolute Gasteiger partial charge is 0.456 e. The van der Waals surface area contributed by atoms with Gasteiger partial charge in [0.2, 0.25) is 0 Å². The molecule has 0 N–H and O–H groups in total. The Balaban J connectivity index is 1.23. The molecule has 0 fully saturated rings. The number of rotatable bonds is 5. The number of para-hydroxylation sites is 2. The highest BCUT2D eigenvalue weighted by atomic mass is 32.1. The van der Waals surface area contributed by atoms with Crippen molar-refractivity contribution >= 4 is 75.4 Å². The first-order valence-corrected chi connectivity index (χ1v) is 17.4. The fraction of sp³-hybridized carbons (Fsp3) is 0. The van der Waals surface area contributed by atoms with Crippen molar-refractivity contribution in [3.05, 3.63) is 175 Å². The first-order chi connectivity index (χ1) is 40.3. The summed E-state index contributed by atoms with van der Waals surface area (Å²) in [6.45, 7) is 0. The van der Waals surface area contributed by atoms with Gasteiger partial charge in [0.25, 0.3) is 0 Å². The molecular weight excluding hydrogens is 719 g/mol. The van der Waals surface area contributed by atoms with Gasteiger partial charge in [0.1, 0.15) is 22.3 Å². The molecule has 0 radical (unpaired) electrons. The zero-order valence-electron chi connectivity index (χ0n) is 57.1. The zero-order chi connectivity index (χ0) is 62.7. The Morgan fingerprint density at radius 1 is 0.386 bits per heavy atom. The molecule has 0 aliphatic rings. The quantitative estimate of drug-likeness (QED) is 0.174. The van der Waals surface area contributed by atoms with Gasteiger partial charge >= 0.3 is 0 Å². The fourth-order valence-electron chi connectivity index (χ4n) is 6.53. The van der Waals surface area contributed by atoms with Crippen LogP contribution in [0.5, 0.6) is 0 Å². The van der Waals surface area contributed by atoms with E-state index in [1.807, 2.05) is 0 Å². The molecular formula is C51H29N3O2S. The SMILES string of the molecule is [2H]c1c([2H])c([2H])c(-c2nc(-c3c([2H])c([2H])c([2H])c([2H])c3[2H])nc(-c3c([2H])c([2H])c4c(oc5c(-c6c([2H])c([2H])c(-c7c([2H])c([2H])c([2H])c8oc9c([2H])c([2H])c([2H])c([2H])c9c78)c7c6sc6c([2H])c([2H])c([2H])c([2H])c67)c([2H])c([2H])c([2H])c54)c3[2H])n2)c([2H])c1[2H]. The van der Waals surface area contributed by atoms with Gasteiger partial charge < -0.3 is 8.83 Å². The minimum Gasteiger partial charge on any atom is -0.456 e. The van der Waals surface area contributed by atoms with Gasteiger partial charge in [-0.25, -0.2) is 15.0 Å². The summed E-state index contributed by atoms with van der Waals surface area (Å²) in [6.07, 6.45) is 0. The highest BCUT2D eigenvalue weighted by molar-refractivity contribution is 7.26. The van der Waals surface area contributed by atoms with E-state index in [0.717, 1.165) is 0 Å². The molecule has 6 heteroatoms. The minimum absolute atomic E-state index is 0.243. The van der Waals surface area contributed by atoms with Gasteiger partial charge in [0.05, 0.1) is 39.8 Å². The minimum atomic E-state index is -0.950. The Morgan fingerprint density at radius 3 is 1.77 bits per heavy atom. The molecule has 12 rings (SSSR count). The van der Waals surface area contributed by atoms with Crippen LogP contribution in [0.15, 0.2) is 184 Å². The van der Waals surface area contributed by atoms with Crippen molar-refractivity contribution in [1.82, 2.24) is 15.0 Å². The highest BCUT2D eigenvalue weighted by Crippen LogP contribution is 2.49. The first-order valence-electron chi connectivity index (χ1n) is 31.1. The van der Waals surface area contributed by atoms with Crippen molar-refractivity contribution in [3.63, 3.8) is 0 Å². The molecule has 12 aromatic rings. The monoisotopic (exact) mass is 776 g/mol. The molecule has 4 heterocycles. The van der Waals surface area contributed by atoms with E-state index in [1.54, 1.807) is 0 Å². The predicted octanol–water partition coefficient (Wildman–Crippen LogP) is 14.4.